The molecule has 3 heteroatoms. The highest BCUT2D eigenvalue weighted by Gasteiger charge is 1.74. The lowest BCUT2D eigenvalue weighted by Gasteiger charge is -1.88. The number of hydroxylamine groups is 1. The van der Waals surface area contributed by atoms with Crippen molar-refractivity contribution in [1.82, 2.24) is 5.48 Å². The molecule has 0 fully saturated rings. The molecule has 0 aromatic heterocycles. The summed E-state index contributed by atoms with van der Waals surface area (Å²) in [4.78, 5) is 4.37. The van der Waals surface area contributed by atoms with Gasteiger partial charge in [0.1, 0.15) is 6.07 Å². The van der Waals surface area contributed by atoms with Crippen molar-refractivity contribution in [2.45, 2.75) is 6.92 Å². The zero-order valence-corrected chi connectivity index (χ0v) is 4.40. The van der Waals surface area contributed by atoms with Crippen LogP contribution in [0.15, 0.2) is 0 Å². The average Bonchev–Trinajstić information content (AvgIpc) is 1.61. The molecule has 6 heavy (non-hydrogen) atoms. The highest BCUT2D eigenvalue weighted by molar-refractivity contribution is 6.17. The van der Waals surface area contributed by atoms with Crippen molar-refractivity contribution in [3.8, 4) is 0 Å². The maximum Gasteiger partial charge on any atom is 0.144 e. The quantitative estimate of drug-likeness (QED) is 0.297. The van der Waals surface area contributed by atoms with Gasteiger partial charge in [0.25, 0.3) is 0 Å². The van der Waals surface area contributed by atoms with Crippen LogP contribution in [0.25, 0.3) is 0 Å². The summed E-state index contributed by atoms with van der Waals surface area (Å²) in [6.07, 6.45) is 0. The van der Waals surface area contributed by atoms with Crippen molar-refractivity contribution < 1.29 is 4.84 Å². The van der Waals surface area contributed by atoms with Crippen LogP contribution in [-0.4, -0.2) is 12.6 Å². The van der Waals surface area contributed by atoms with Gasteiger partial charge in [0, 0.05) is 6.54 Å². The molecule has 0 spiro atoms. The Bertz CT molecular complexity index is 22.8. The second-order valence-electron chi connectivity index (χ2n) is 0.684. The number of nitrogens with zero attached hydrogens (tertiary/aromatic N) is 1. The Labute approximate surface area is 42.4 Å². The molecular formula is C3H7ClNO. The Balaban J connectivity index is 2.34. The van der Waals surface area contributed by atoms with E-state index in [0.29, 0.717) is 6.54 Å². The number of rotatable bonds is 3. The summed E-state index contributed by atoms with van der Waals surface area (Å²) >= 11 is 5.06. The second-order valence-corrected chi connectivity index (χ2v) is 0.902. The van der Waals surface area contributed by atoms with Crippen LogP contribution < -0.4 is 5.48 Å². The first-order chi connectivity index (χ1) is 2.91. The molecule has 0 saturated carbocycles. The van der Waals surface area contributed by atoms with Gasteiger partial charge in [-0.15, -0.1) is 0 Å². The van der Waals surface area contributed by atoms with Crippen LogP contribution in [0.2, 0.25) is 0 Å². The second kappa shape index (κ2) is 5.21. The number of alkyl halides is 1. The minimum Gasteiger partial charge on any atom is -0.266 e. The van der Waals surface area contributed by atoms with Crippen LogP contribution in [0.4, 0.5) is 0 Å². The largest absolute Gasteiger partial charge is 0.266 e. The summed E-state index contributed by atoms with van der Waals surface area (Å²) in [5, 5.41) is 0. The minimum absolute atomic E-state index is 0.161. The van der Waals surface area contributed by atoms with Gasteiger partial charge in [0.2, 0.25) is 0 Å². The monoisotopic (exact) mass is 108 g/mol. The lowest BCUT2D eigenvalue weighted by atomic mass is 10.8. The molecule has 1 radical (unpaired) electrons. The fourth-order valence-corrected chi connectivity index (χ4v) is 0.195. The molecule has 0 atom stereocenters. The van der Waals surface area contributed by atoms with Crippen LogP contribution in [-0.2, 0) is 4.84 Å². The molecule has 0 rings (SSSR count). The number of hydrogen-bond acceptors (Lipinski definition) is 1. The Morgan fingerprint density at radius 2 is 2.50 bits per heavy atom. The van der Waals surface area contributed by atoms with Crippen LogP contribution in [0, 0.1) is 0 Å². The molecule has 0 aromatic carbocycles. The van der Waals surface area contributed by atoms with Crippen molar-refractivity contribution >= 4 is 11.6 Å². The predicted octanol–water partition coefficient (Wildman–Crippen LogP) is 0.739. The van der Waals surface area contributed by atoms with Gasteiger partial charge in [-0.1, -0.05) is 17.1 Å². The van der Waals surface area contributed by atoms with E-state index in [1.807, 2.05) is 6.92 Å². The lowest BCUT2D eigenvalue weighted by Crippen LogP contribution is -2.02. The molecule has 0 heterocycles. The van der Waals surface area contributed by atoms with E-state index in [2.05, 4.69) is 10.3 Å². The van der Waals surface area contributed by atoms with Gasteiger partial charge in [0.15, 0.2) is 0 Å². The molecule has 0 unspecified atom stereocenters. The predicted molar refractivity (Wildman–Crippen MR) is 24.5 cm³/mol. The topological polar surface area (TPSA) is 23.3 Å². The van der Waals surface area contributed by atoms with Gasteiger partial charge in [-0.2, -0.15) is 0 Å². The van der Waals surface area contributed by atoms with Crippen LogP contribution in [0.1, 0.15) is 6.92 Å². The first kappa shape index (κ1) is 6.21. The van der Waals surface area contributed by atoms with Gasteiger partial charge in [-0.05, 0) is 6.92 Å². The standard InChI is InChI=1S/C3H7ClNO/c1-2-5-6-3-4/h2-3H2,1H3. The SMILES string of the molecule is CC[N]OCCl. The normalized spacial score (nSPS) is 9.00. The molecule has 0 aliphatic rings. The number of halogens is 1. The third-order valence-electron chi connectivity index (χ3n) is 0.269. The van der Waals surface area contributed by atoms with Crippen molar-refractivity contribution in [2.75, 3.05) is 12.6 Å². The van der Waals surface area contributed by atoms with E-state index in [1.165, 1.54) is 0 Å². The molecular weight excluding hydrogens is 101 g/mol. The van der Waals surface area contributed by atoms with Crippen LogP contribution in [0.3, 0.4) is 0 Å². The van der Waals surface area contributed by atoms with E-state index in [1.54, 1.807) is 0 Å². The summed E-state index contributed by atoms with van der Waals surface area (Å²) < 4.78 is 0. The fraction of sp³-hybridized carbons (Fsp3) is 1.00. The fourth-order valence-electron chi connectivity index (χ4n) is 0.126. The summed E-state index contributed by atoms with van der Waals surface area (Å²) in [6.45, 7) is 2.55. The zero-order valence-electron chi connectivity index (χ0n) is 3.65. The smallest absolute Gasteiger partial charge is 0.144 e. The molecule has 0 aliphatic carbocycles. The highest BCUT2D eigenvalue weighted by atomic mass is 35.5. The maximum atomic E-state index is 5.06. The van der Waals surface area contributed by atoms with Gasteiger partial charge < -0.3 is 0 Å². The minimum atomic E-state index is 0.161. The Kier molecular flexibility index (Phi) is 5.39. The average molecular weight is 109 g/mol. The third kappa shape index (κ3) is 4.21. The van der Waals surface area contributed by atoms with E-state index in [9.17, 15) is 0 Å². The summed E-state index contributed by atoms with van der Waals surface area (Å²) in [5.41, 5.74) is 3.46. The van der Waals surface area contributed by atoms with Crippen LogP contribution in [0.5, 0.6) is 0 Å². The third-order valence-corrected chi connectivity index (χ3v) is 0.367. The molecule has 0 amide bonds. The summed E-state index contributed by atoms with van der Waals surface area (Å²) in [7, 11) is 0. The number of hydrogen-bond donors (Lipinski definition) is 0. The molecule has 0 saturated heterocycles. The Morgan fingerprint density at radius 1 is 1.83 bits per heavy atom. The molecule has 0 N–H and O–H groups in total. The molecule has 0 aromatic rings. The summed E-state index contributed by atoms with van der Waals surface area (Å²) in [6, 6.07) is 0.161. The summed E-state index contributed by atoms with van der Waals surface area (Å²) in [5.74, 6) is 0. The van der Waals surface area contributed by atoms with Crippen molar-refractivity contribution in [3.63, 3.8) is 0 Å². The zero-order chi connectivity index (χ0) is 4.83. The van der Waals surface area contributed by atoms with Gasteiger partial charge in [0.05, 0.1) is 0 Å². The molecule has 37 valence electrons. The molecule has 0 bridgehead atoms. The van der Waals surface area contributed by atoms with Crippen molar-refractivity contribution in [3.05, 3.63) is 0 Å². The van der Waals surface area contributed by atoms with E-state index in [4.69, 9.17) is 11.6 Å². The van der Waals surface area contributed by atoms with E-state index < -0.39 is 0 Å². The van der Waals surface area contributed by atoms with Gasteiger partial charge >= 0.3 is 0 Å². The maximum absolute atomic E-state index is 5.06. The van der Waals surface area contributed by atoms with Gasteiger partial charge in [-0.3, -0.25) is 4.84 Å². The molecule has 2 nitrogen and oxygen atoms in total. The van der Waals surface area contributed by atoms with Crippen LogP contribution >= 0.6 is 11.6 Å². The lowest BCUT2D eigenvalue weighted by molar-refractivity contribution is 0.0710. The van der Waals surface area contributed by atoms with E-state index in [0.717, 1.165) is 0 Å². The van der Waals surface area contributed by atoms with E-state index in [-0.39, 0.29) is 6.07 Å². The van der Waals surface area contributed by atoms with Gasteiger partial charge in [-0.25, -0.2) is 0 Å². The van der Waals surface area contributed by atoms with E-state index >= 15 is 0 Å². The van der Waals surface area contributed by atoms with Crippen molar-refractivity contribution in [1.29, 1.82) is 0 Å². The van der Waals surface area contributed by atoms with Crippen molar-refractivity contribution in [2.24, 2.45) is 0 Å². The Hall–Kier alpha value is 0.210. The first-order valence-electron chi connectivity index (χ1n) is 1.76. The first-order valence-corrected chi connectivity index (χ1v) is 2.30. The highest BCUT2D eigenvalue weighted by Crippen LogP contribution is 1.71. The molecule has 0 aliphatic heterocycles. The Morgan fingerprint density at radius 3 is 2.67 bits per heavy atom.